The molecule has 1 amide bonds. The molecule has 5 aliphatic heterocycles. The summed E-state index contributed by atoms with van der Waals surface area (Å²) in [6.07, 6.45) is -4.96. The van der Waals surface area contributed by atoms with Crippen LogP contribution in [0.1, 0.15) is 113 Å². The first-order valence-electron chi connectivity index (χ1n) is 24.0. The maximum absolute atomic E-state index is 15.1. The molecule has 1 aromatic carbocycles. The van der Waals surface area contributed by atoms with Crippen LogP contribution in [0.2, 0.25) is 10.0 Å². The van der Waals surface area contributed by atoms with Crippen LogP contribution in [-0.2, 0) is 53.9 Å². The van der Waals surface area contributed by atoms with E-state index >= 15 is 4.79 Å². The van der Waals surface area contributed by atoms with Crippen LogP contribution < -0.4 is 0 Å². The number of methoxy groups -OCH3 is 2. The number of aliphatic hydroxyl groups excluding tert-OH is 2. The van der Waals surface area contributed by atoms with Crippen LogP contribution >= 0.6 is 23.2 Å². The Morgan fingerprint density at radius 1 is 0.864 bits per heavy atom. The number of nitrogens with zero attached hydrogens (tertiary/aromatic N) is 2. The van der Waals surface area contributed by atoms with Crippen LogP contribution in [0.3, 0.4) is 0 Å². The molecule has 17 heteroatoms. The fourth-order valence-electron chi connectivity index (χ4n) is 11.7. The normalized spacial score (nSPS) is 43.3. The van der Waals surface area contributed by atoms with Crippen molar-refractivity contribution in [1.82, 2.24) is 9.80 Å². The van der Waals surface area contributed by atoms with Crippen molar-refractivity contribution in [2.45, 2.75) is 198 Å². The third-order valence-electron chi connectivity index (χ3n) is 15.7. The number of fused-ring (bicyclic) bond motifs is 1. The number of aliphatic hydroxyl groups is 2. The van der Waals surface area contributed by atoms with Gasteiger partial charge in [-0.05, 0) is 111 Å². The van der Waals surface area contributed by atoms with Crippen molar-refractivity contribution in [2.75, 3.05) is 33.9 Å². The maximum Gasteiger partial charge on any atom is 0.410 e. The van der Waals surface area contributed by atoms with Gasteiger partial charge in [0.1, 0.15) is 24.1 Å². The van der Waals surface area contributed by atoms with E-state index in [4.69, 9.17) is 61.1 Å². The molecule has 5 fully saturated rings. The average Bonchev–Trinajstić information content (AvgIpc) is 3.91. The lowest BCUT2D eigenvalue weighted by Crippen LogP contribution is -2.62. The Kier molecular flexibility index (Phi) is 17.3. The predicted octanol–water partition coefficient (Wildman–Crippen LogP) is 6.99. The van der Waals surface area contributed by atoms with Gasteiger partial charge in [0.05, 0.1) is 57.6 Å². The smallest absolute Gasteiger partial charge is 0.410 e. The molecule has 1 aromatic rings. The van der Waals surface area contributed by atoms with Gasteiger partial charge >= 0.3 is 12.1 Å². The molecule has 5 aliphatic rings. The molecule has 0 bridgehead atoms. The summed E-state index contributed by atoms with van der Waals surface area (Å²) in [7, 11) is 3.08. The minimum Gasteiger partial charge on any atom is -0.458 e. The van der Waals surface area contributed by atoms with E-state index in [2.05, 4.69) is 4.90 Å². The highest BCUT2D eigenvalue weighted by molar-refractivity contribution is 6.42. The van der Waals surface area contributed by atoms with Crippen LogP contribution in [0.4, 0.5) is 4.79 Å². The summed E-state index contributed by atoms with van der Waals surface area (Å²) >= 11 is 12.6. The van der Waals surface area contributed by atoms with E-state index in [1.807, 2.05) is 40.7 Å². The zero-order chi connectivity index (χ0) is 48.6. The topological polar surface area (TPSA) is 172 Å². The molecule has 0 spiro atoms. The van der Waals surface area contributed by atoms with E-state index in [1.165, 1.54) is 7.11 Å². The highest BCUT2D eigenvalue weighted by atomic mass is 35.5. The molecular weight excluding hydrogens is 895 g/mol. The first-order valence-corrected chi connectivity index (χ1v) is 24.8. The number of ether oxygens (including phenoxy) is 8. The molecule has 0 saturated carbocycles. The van der Waals surface area contributed by atoms with Crippen LogP contribution in [-0.4, -0.2) is 156 Å². The molecule has 6 rings (SSSR count). The second-order valence-electron chi connectivity index (χ2n) is 20.4. The molecule has 374 valence electrons. The van der Waals surface area contributed by atoms with Crippen molar-refractivity contribution in [3.8, 4) is 0 Å². The molecule has 15 nitrogen and oxygen atoms in total. The van der Waals surface area contributed by atoms with Crippen LogP contribution in [0, 0.1) is 23.7 Å². The van der Waals surface area contributed by atoms with Gasteiger partial charge in [-0.1, -0.05) is 57.0 Å². The molecule has 18 atom stereocenters. The number of cyclic esters (lactones) is 1. The van der Waals surface area contributed by atoms with Gasteiger partial charge in [-0.15, -0.1) is 0 Å². The van der Waals surface area contributed by atoms with Crippen LogP contribution in [0.15, 0.2) is 18.2 Å². The Morgan fingerprint density at radius 2 is 1.53 bits per heavy atom. The van der Waals surface area contributed by atoms with E-state index in [9.17, 15) is 19.8 Å². The lowest BCUT2D eigenvalue weighted by atomic mass is 9.73. The maximum atomic E-state index is 15.1. The number of benzene rings is 1. The number of carbonyl (C=O) groups is 3. The summed E-state index contributed by atoms with van der Waals surface area (Å²) in [4.78, 5) is 48.0. The summed E-state index contributed by atoms with van der Waals surface area (Å²) in [6, 6.07) is 4.22. The number of hydrogen-bond donors (Lipinski definition) is 2. The minimum atomic E-state index is -1.45. The molecule has 5 heterocycles. The Morgan fingerprint density at radius 3 is 2.15 bits per heavy atom. The Labute approximate surface area is 401 Å². The zero-order valence-corrected chi connectivity index (χ0v) is 42.5. The van der Waals surface area contributed by atoms with Crippen molar-refractivity contribution < 1.29 is 62.5 Å². The summed E-state index contributed by atoms with van der Waals surface area (Å²) in [5.74, 6) is -3.98. The predicted molar refractivity (Wildman–Crippen MR) is 247 cm³/mol. The molecule has 0 aromatic heterocycles. The van der Waals surface area contributed by atoms with Gasteiger partial charge in [-0.2, -0.15) is 0 Å². The summed E-state index contributed by atoms with van der Waals surface area (Å²) < 4.78 is 51.8. The van der Waals surface area contributed by atoms with E-state index in [1.54, 1.807) is 58.8 Å². The number of rotatable bonds is 11. The van der Waals surface area contributed by atoms with Gasteiger partial charge in [-0.25, -0.2) is 4.79 Å². The number of carbonyl (C=O) groups excluding carboxylic acids is 3. The van der Waals surface area contributed by atoms with Gasteiger partial charge in [0.2, 0.25) is 0 Å². The second kappa shape index (κ2) is 21.5. The van der Waals surface area contributed by atoms with E-state index < -0.39 is 108 Å². The molecule has 0 radical (unpaired) electrons. The Hall–Kier alpha value is -2.15. The van der Waals surface area contributed by atoms with Crippen LogP contribution in [0.25, 0.3) is 0 Å². The SMILES string of the molecule is CC[C@H]1OC(=O)[C@H](C)C(OC2CC(C)(OC)C(O)[C@H](C)O2)[C@H](C)C(OC2O[C@H](C)CC(N3CCCC3)C2O)C(C)(OC)CC(C)C(=O)C(C)C2N(CCc3ccc(Cl)c(Cl)c3)C(=O)OC21C. The van der Waals surface area contributed by atoms with E-state index in [-0.39, 0.29) is 43.7 Å². The Bertz CT molecular complexity index is 1860. The van der Waals surface area contributed by atoms with Crippen molar-refractivity contribution in [3.63, 3.8) is 0 Å². The molecular formula is C49H76Cl2N2O13. The lowest BCUT2D eigenvalue weighted by Gasteiger charge is -2.50. The average molecular weight is 972 g/mol. The first kappa shape index (κ1) is 53.2. The van der Waals surface area contributed by atoms with Crippen molar-refractivity contribution >= 4 is 41.0 Å². The van der Waals surface area contributed by atoms with E-state index in [0.29, 0.717) is 22.9 Å². The van der Waals surface area contributed by atoms with Gasteiger partial charge < -0.3 is 48.1 Å². The Balaban J connectivity index is 1.44. The van der Waals surface area contributed by atoms with Crippen molar-refractivity contribution in [3.05, 3.63) is 33.8 Å². The van der Waals surface area contributed by atoms with E-state index in [0.717, 1.165) is 31.5 Å². The number of Topliss-reactive ketones (excluding diaryl/α,β-unsaturated/α-hetero) is 1. The van der Waals surface area contributed by atoms with Crippen molar-refractivity contribution in [2.24, 2.45) is 23.7 Å². The standard InChI is InChI=1S/C49H76Cl2N2O13/c1-13-36-49(10)41(53(46(58)66-49)21-18-32-16-17-33(50)34(51)23-32)28(4)38(54)26(2)24-48(9,60-12)43(65-45-39(55)35(22-27(3)61-45)52-19-14-15-20-52)29(5)40(30(6)44(57)63-36)64-37-25-47(8,59-11)42(56)31(7)62-37/h16-17,23,26-31,35-37,39-43,45,55-56H,13-15,18-22,24-25H2,1-12H3/t26?,27-,28?,29+,30-,31+,35?,36-,37?,39?,40?,41?,42?,43?,45?,47?,48?,49?/m1/s1. The van der Waals surface area contributed by atoms with Crippen molar-refractivity contribution in [1.29, 1.82) is 0 Å². The summed E-state index contributed by atoms with van der Waals surface area (Å²) in [5, 5.41) is 24.0. The second-order valence-corrected chi connectivity index (χ2v) is 21.2. The van der Waals surface area contributed by atoms with Gasteiger partial charge in [0.15, 0.2) is 18.2 Å². The number of esters is 1. The first-order chi connectivity index (χ1) is 31.0. The van der Waals surface area contributed by atoms with Gasteiger partial charge in [0.25, 0.3) is 0 Å². The monoisotopic (exact) mass is 970 g/mol. The third kappa shape index (κ3) is 10.8. The molecule has 66 heavy (non-hydrogen) atoms. The minimum absolute atomic E-state index is 0.126. The van der Waals surface area contributed by atoms with Gasteiger partial charge in [0, 0.05) is 51.0 Å². The fourth-order valence-corrected chi connectivity index (χ4v) is 12.0. The lowest BCUT2D eigenvalue weighted by molar-refractivity contribution is -0.319. The fraction of sp³-hybridized carbons (Fsp3) is 0.816. The zero-order valence-electron chi connectivity index (χ0n) is 41.0. The highest BCUT2D eigenvalue weighted by Gasteiger charge is 2.61. The number of likely N-dealkylation sites (tertiary alicyclic amines) is 1. The summed E-state index contributed by atoms with van der Waals surface area (Å²) in [6.45, 7) is 20.1. The largest absolute Gasteiger partial charge is 0.458 e. The molecule has 0 aliphatic carbocycles. The number of amides is 1. The number of hydrogen-bond acceptors (Lipinski definition) is 14. The quantitative estimate of drug-likeness (QED) is 0.218. The summed E-state index contributed by atoms with van der Waals surface area (Å²) in [5.41, 5.74) is -2.93. The molecule has 5 saturated heterocycles. The number of halogens is 2. The molecule has 13 unspecified atom stereocenters. The van der Waals surface area contributed by atoms with Gasteiger partial charge in [-0.3, -0.25) is 19.4 Å². The number of ketones is 1. The van der Waals surface area contributed by atoms with Crippen LogP contribution in [0.5, 0.6) is 0 Å². The highest BCUT2D eigenvalue weighted by Crippen LogP contribution is 2.45. The molecule has 2 N–H and O–H groups in total. The third-order valence-corrected chi connectivity index (χ3v) is 16.4.